The van der Waals surface area contributed by atoms with Crippen LogP contribution in [-0.2, 0) is 7.05 Å². The van der Waals surface area contributed by atoms with Crippen LogP contribution in [0.25, 0.3) is 27.5 Å². The van der Waals surface area contributed by atoms with Gasteiger partial charge in [0.1, 0.15) is 17.8 Å². The van der Waals surface area contributed by atoms with E-state index in [-0.39, 0.29) is 11.6 Å². The second-order valence-corrected chi connectivity index (χ2v) is 9.44. The Morgan fingerprint density at radius 1 is 1.18 bits per heavy atom. The van der Waals surface area contributed by atoms with Gasteiger partial charge in [-0.05, 0) is 57.0 Å². The summed E-state index contributed by atoms with van der Waals surface area (Å²) < 4.78 is 1.85. The Labute approximate surface area is 191 Å². The molecule has 0 unspecified atom stereocenters. The molecule has 1 aliphatic rings. The van der Waals surface area contributed by atoms with Crippen molar-refractivity contribution in [2.24, 2.45) is 7.05 Å². The fourth-order valence-corrected chi connectivity index (χ4v) is 4.09. The highest BCUT2D eigenvalue weighted by Gasteiger charge is 2.22. The van der Waals surface area contributed by atoms with E-state index in [2.05, 4.69) is 48.9 Å². The molecule has 5 rings (SSSR count). The highest BCUT2D eigenvalue weighted by Crippen LogP contribution is 2.30. The Kier molecular flexibility index (Phi) is 5.03. The number of carbonyl (C=O) groups excluding carboxylic acids is 1. The fraction of sp³-hybridized carbons (Fsp3) is 0.333. The van der Waals surface area contributed by atoms with Crippen LogP contribution in [0, 0.1) is 0 Å². The number of H-pyrrole nitrogens is 1. The van der Waals surface area contributed by atoms with Gasteiger partial charge in [0, 0.05) is 42.4 Å². The molecule has 2 amide bonds. The van der Waals surface area contributed by atoms with Gasteiger partial charge in [-0.15, -0.1) is 0 Å². The minimum Gasteiger partial charge on any atom is -0.340 e. The third-order valence-electron chi connectivity index (χ3n) is 5.76. The van der Waals surface area contributed by atoms with Crippen LogP contribution in [0.4, 0.5) is 16.3 Å². The van der Waals surface area contributed by atoms with Crippen molar-refractivity contribution < 1.29 is 4.79 Å². The largest absolute Gasteiger partial charge is 0.340 e. The highest BCUT2D eigenvalue weighted by molar-refractivity contribution is 5.93. The zero-order valence-electron chi connectivity index (χ0n) is 19.3. The van der Waals surface area contributed by atoms with Gasteiger partial charge in [0.2, 0.25) is 0 Å². The quantitative estimate of drug-likeness (QED) is 0.440. The number of aromatic nitrogens is 5. The lowest BCUT2D eigenvalue weighted by molar-refractivity contribution is 0.193. The van der Waals surface area contributed by atoms with Crippen molar-refractivity contribution in [3.63, 3.8) is 0 Å². The van der Waals surface area contributed by atoms with Gasteiger partial charge in [-0.2, -0.15) is 5.10 Å². The topological polar surface area (TPSA) is 104 Å². The monoisotopic (exact) mass is 444 g/mol. The Bertz CT molecular complexity index is 1370. The highest BCUT2D eigenvalue weighted by atomic mass is 16.2. The first-order valence-corrected chi connectivity index (χ1v) is 11.1. The molecule has 1 aromatic carbocycles. The molecule has 170 valence electrons. The number of urea groups is 1. The van der Waals surface area contributed by atoms with E-state index in [9.17, 15) is 4.79 Å². The van der Waals surface area contributed by atoms with Crippen molar-refractivity contribution in [2.45, 2.75) is 32.7 Å². The molecule has 0 atom stereocenters. The number of aromatic amines is 1. The molecule has 3 aromatic heterocycles. The summed E-state index contributed by atoms with van der Waals surface area (Å²) >= 11 is 0. The molecule has 0 saturated carbocycles. The van der Waals surface area contributed by atoms with Gasteiger partial charge >= 0.3 is 6.03 Å². The second-order valence-electron chi connectivity index (χ2n) is 9.44. The van der Waals surface area contributed by atoms with E-state index in [0.717, 1.165) is 45.6 Å². The Morgan fingerprint density at radius 3 is 2.79 bits per heavy atom. The molecular formula is C24H28N8O. The molecule has 0 saturated heterocycles. The number of carbonyl (C=O) groups is 1. The van der Waals surface area contributed by atoms with Crippen molar-refractivity contribution in [3.8, 4) is 0 Å². The van der Waals surface area contributed by atoms with Gasteiger partial charge in [-0.25, -0.2) is 14.8 Å². The summed E-state index contributed by atoms with van der Waals surface area (Å²) in [6.45, 7) is 7.21. The number of nitrogens with zero attached hydrogens (tertiary/aromatic N) is 5. The normalized spacial score (nSPS) is 14.5. The second kappa shape index (κ2) is 7.91. The molecule has 0 fully saturated rings. The SMILES string of the molecule is Cn1ncc2cc(Nc3ncnc4[nH]c(C5=CCN(C(=O)NC(C)(C)C)CC5)cc34)ccc21. The van der Waals surface area contributed by atoms with Crippen LogP contribution in [0.3, 0.4) is 0 Å². The van der Waals surface area contributed by atoms with Crippen LogP contribution in [0.2, 0.25) is 0 Å². The maximum absolute atomic E-state index is 12.4. The van der Waals surface area contributed by atoms with Crippen molar-refractivity contribution >= 4 is 45.0 Å². The molecule has 0 radical (unpaired) electrons. The minimum atomic E-state index is -0.248. The molecule has 0 aliphatic carbocycles. The third kappa shape index (κ3) is 4.26. The zero-order chi connectivity index (χ0) is 23.2. The number of hydrogen-bond acceptors (Lipinski definition) is 5. The molecule has 33 heavy (non-hydrogen) atoms. The molecule has 9 nitrogen and oxygen atoms in total. The molecule has 9 heteroatoms. The van der Waals surface area contributed by atoms with Gasteiger partial charge in [-0.1, -0.05) is 6.08 Å². The van der Waals surface area contributed by atoms with Gasteiger partial charge in [0.15, 0.2) is 0 Å². The summed E-state index contributed by atoms with van der Waals surface area (Å²) in [6.07, 6.45) is 6.29. The van der Waals surface area contributed by atoms with E-state index in [1.165, 1.54) is 5.57 Å². The van der Waals surface area contributed by atoms with Crippen LogP contribution in [0.15, 0.2) is 42.9 Å². The van der Waals surface area contributed by atoms with Crippen LogP contribution < -0.4 is 10.6 Å². The first kappa shape index (κ1) is 21.0. The number of fused-ring (bicyclic) bond motifs is 2. The van der Waals surface area contributed by atoms with Crippen LogP contribution in [0.5, 0.6) is 0 Å². The number of rotatable bonds is 3. The Morgan fingerprint density at radius 2 is 2.03 bits per heavy atom. The minimum absolute atomic E-state index is 0.0302. The summed E-state index contributed by atoms with van der Waals surface area (Å²) in [5.74, 6) is 0.744. The van der Waals surface area contributed by atoms with Crippen molar-refractivity contribution in [1.29, 1.82) is 0 Å². The molecular weight excluding hydrogens is 416 g/mol. The maximum Gasteiger partial charge on any atom is 0.318 e. The summed E-state index contributed by atoms with van der Waals surface area (Å²) in [7, 11) is 1.93. The van der Waals surface area contributed by atoms with Crippen LogP contribution in [-0.4, -0.2) is 54.3 Å². The first-order chi connectivity index (χ1) is 15.8. The summed E-state index contributed by atoms with van der Waals surface area (Å²) in [5, 5.41) is 12.7. The number of aryl methyl sites for hydroxylation is 1. The predicted molar refractivity (Wildman–Crippen MR) is 130 cm³/mol. The summed E-state index contributed by atoms with van der Waals surface area (Å²) in [6, 6.07) is 8.17. The zero-order valence-corrected chi connectivity index (χ0v) is 19.3. The van der Waals surface area contributed by atoms with E-state index >= 15 is 0 Å². The molecule has 4 heterocycles. The van der Waals surface area contributed by atoms with Gasteiger partial charge in [0.25, 0.3) is 0 Å². The van der Waals surface area contributed by atoms with E-state index in [1.54, 1.807) is 6.33 Å². The first-order valence-electron chi connectivity index (χ1n) is 11.1. The molecule has 0 spiro atoms. The van der Waals surface area contributed by atoms with Crippen molar-refractivity contribution in [2.75, 3.05) is 18.4 Å². The standard InChI is InChI=1S/C24H28N8O/c1-24(2,3)30-23(33)32-9-7-15(8-10-32)19-12-18-21(25-14-26-22(18)29-19)28-17-5-6-20-16(11-17)13-27-31(20)4/h5-7,11-14H,8-10H2,1-4H3,(H,30,33)(H2,25,26,28,29). The lowest BCUT2D eigenvalue weighted by atomic mass is 10.0. The lowest BCUT2D eigenvalue weighted by Crippen LogP contribution is -2.49. The van der Waals surface area contributed by atoms with Crippen LogP contribution >= 0.6 is 0 Å². The Balaban J connectivity index is 1.37. The predicted octanol–water partition coefficient (Wildman–Crippen LogP) is 4.19. The van der Waals surface area contributed by atoms with Gasteiger partial charge in [-0.3, -0.25) is 4.68 Å². The number of nitrogens with one attached hydrogen (secondary N) is 3. The number of benzene rings is 1. The third-order valence-corrected chi connectivity index (χ3v) is 5.76. The van der Waals surface area contributed by atoms with E-state index < -0.39 is 0 Å². The number of anilines is 2. The van der Waals surface area contributed by atoms with Gasteiger partial charge in [0.05, 0.1) is 17.1 Å². The summed E-state index contributed by atoms with van der Waals surface area (Å²) in [4.78, 5) is 26.6. The van der Waals surface area contributed by atoms with Crippen molar-refractivity contribution in [1.82, 2.24) is 34.9 Å². The van der Waals surface area contributed by atoms with E-state index in [4.69, 9.17) is 0 Å². The van der Waals surface area contributed by atoms with E-state index in [1.807, 2.05) is 55.7 Å². The van der Waals surface area contributed by atoms with Crippen LogP contribution in [0.1, 0.15) is 32.9 Å². The molecule has 3 N–H and O–H groups in total. The smallest absolute Gasteiger partial charge is 0.318 e. The van der Waals surface area contributed by atoms with Crippen molar-refractivity contribution in [3.05, 3.63) is 48.6 Å². The number of hydrogen-bond donors (Lipinski definition) is 3. The van der Waals surface area contributed by atoms with E-state index in [0.29, 0.717) is 13.1 Å². The molecule has 4 aromatic rings. The average molecular weight is 445 g/mol. The average Bonchev–Trinajstić information content (AvgIpc) is 3.37. The number of amides is 2. The summed E-state index contributed by atoms with van der Waals surface area (Å²) in [5.41, 5.74) is 4.73. The Hall–Kier alpha value is -3.88. The molecule has 0 bridgehead atoms. The molecule has 1 aliphatic heterocycles. The lowest BCUT2D eigenvalue weighted by Gasteiger charge is -2.30. The maximum atomic E-state index is 12.4. The van der Waals surface area contributed by atoms with Gasteiger partial charge < -0.3 is 20.5 Å². The fourth-order valence-electron chi connectivity index (χ4n) is 4.09.